The number of hydrogen-bond acceptors (Lipinski definition) is 7. The summed E-state index contributed by atoms with van der Waals surface area (Å²) in [5, 5.41) is 14.4. The number of H-pyrrole nitrogens is 1. The van der Waals surface area contributed by atoms with Crippen molar-refractivity contribution in [2.24, 2.45) is 0 Å². The highest BCUT2D eigenvalue weighted by molar-refractivity contribution is 7.98. The first-order chi connectivity index (χ1) is 20.6. The van der Waals surface area contributed by atoms with Crippen molar-refractivity contribution in [2.45, 2.75) is 36.7 Å². The van der Waals surface area contributed by atoms with Gasteiger partial charge in [-0.25, -0.2) is 0 Å². The van der Waals surface area contributed by atoms with E-state index in [0.29, 0.717) is 18.0 Å². The molecule has 2 N–H and O–H groups in total. The van der Waals surface area contributed by atoms with Crippen molar-refractivity contribution >= 4 is 39.9 Å². The van der Waals surface area contributed by atoms with Gasteiger partial charge in [0.2, 0.25) is 5.91 Å². The number of aryl methyl sites for hydroxylation is 1. The van der Waals surface area contributed by atoms with Gasteiger partial charge in [-0.15, -0.1) is 21.5 Å². The average molecular weight is 595 g/mol. The van der Waals surface area contributed by atoms with E-state index in [2.05, 4.69) is 43.7 Å². The smallest absolute Gasteiger partial charge is 0.225 e. The number of para-hydroxylation sites is 1. The molecule has 8 nitrogen and oxygen atoms in total. The molecule has 0 unspecified atom stereocenters. The molecule has 3 aromatic carbocycles. The fourth-order valence-electron chi connectivity index (χ4n) is 5.05. The van der Waals surface area contributed by atoms with Crippen molar-refractivity contribution in [1.29, 1.82) is 0 Å². The van der Waals surface area contributed by atoms with Crippen LogP contribution in [0.5, 0.6) is 5.75 Å². The van der Waals surface area contributed by atoms with Crippen molar-refractivity contribution < 1.29 is 9.53 Å². The molecule has 0 saturated carbocycles. The minimum Gasteiger partial charge on any atom is -0.497 e. The van der Waals surface area contributed by atoms with Crippen molar-refractivity contribution in [3.05, 3.63) is 118 Å². The van der Waals surface area contributed by atoms with Crippen LogP contribution in [0.25, 0.3) is 16.6 Å². The average Bonchev–Trinajstić information content (AvgIpc) is 3.76. The zero-order valence-corrected chi connectivity index (χ0v) is 24.9. The van der Waals surface area contributed by atoms with E-state index in [1.54, 1.807) is 30.2 Å². The molecule has 6 aromatic rings. The highest BCUT2D eigenvalue weighted by Gasteiger charge is 2.26. The van der Waals surface area contributed by atoms with Crippen LogP contribution in [0.2, 0.25) is 0 Å². The summed E-state index contributed by atoms with van der Waals surface area (Å²) in [4.78, 5) is 22.4. The maximum absolute atomic E-state index is 13.7. The van der Waals surface area contributed by atoms with Gasteiger partial charge in [0.1, 0.15) is 5.75 Å². The molecule has 212 valence electrons. The predicted molar refractivity (Wildman–Crippen MR) is 167 cm³/mol. The monoisotopic (exact) mass is 594 g/mol. The molecular weight excluding hydrogens is 565 g/mol. The lowest BCUT2D eigenvalue weighted by Crippen LogP contribution is -2.33. The van der Waals surface area contributed by atoms with Crippen LogP contribution in [0.1, 0.15) is 33.6 Å². The number of nitrogens with zero attached hydrogens (tertiary/aromatic N) is 4. The van der Waals surface area contributed by atoms with Gasteiger partial charge in [0.25, 0.3) is 0 Å². The number of hydrogen-bond donors (Lipinski definition) is 2. The van der Waals surface area contributed by atoms with Crippen LogP contribution in [0.4, 0.5) is 0 Å². The van der Waals surface area contributed by atoms with Crippen molar-refractivity contribution in [1.82, 2.24) is 30.0 Å². The summed E-state index contributed by atoms with van der Waals surface area (Å²) in [5.41, 5.74) is 6.83. The van der Waals surface area contributed by atoms with Crippen LogP contribution < -0.4 is 10.1 Å². The number of nitrogens with one attached hydrogen (secondary N) is 2. The number of methoxy groups -OCH3 is 1. The second-order valence-electron chi connectivity index (χ2n) is 9.89. The summed E-state index contributed by atoms with van der Waals surface area (Å²) < 4.78 is 7.44. The normalized spacial score (nSPS) is 12.0. The first-order valence-electron chi connectivity index (χ1n) is 13.6. The van der Waals surface area contributed by atoms with E-state index < -0.39 is 6.04 Å². The van der Waals surface area contributed by atoms with Gasteiger partial charge in [-0.1, -0.05) is 60.3 Å². The summed E-state index contributed by atoms with van der Waals surface area (Å²) in [6.07, 6.45) is 2.69. The molecule has 0 aliphatic carbocycles. The van der Waals surface area contributed by atoms with Crippen molar-refractivity contribution in [3.63, 3.8) is 0 Å². The highest BCUT2D eigenvalue weighted by atomic mass is 32.2. The van der Waals surface area contributed by atoms with E-state index in [9.17, 15) is 4.79 Å². The van der Waals surface area contributed by atoms with Crippen LogP contribution in [-0.2, 0) is 23.4 Å². The standard InChI is InChI=1S/C32H30N6O2S2/c1-21-27(26-10-6-7-11-28(26)34-21)17-30(39)35-29(16-22-8-4-3-5-9-22)31-36-37-32(41-19-25-18-33-20-42-25)38(31)23-12-14-24(40-2)15-13-23/h3-15,18,20,29,34H,16-17,19H2,1-2H3,(H,35,39)/t29-/m0/s1. The van der Waals surface area contributed by atoms with Crippen LogP contribution in [0.3, 0.4) is 0 Å². The molecule has 0 spiro atoms. The van der Waals surface area contributed by atoms with Gasteiger partial charge in [-0.2, -0.15) is 0 Å². The molecule has 6 rings (SSSR count). The second-order valence-corrected chi connectivity index (χ2v) is 11.8. The molecule has 0 fully saturated rings. The van der Waals surface area contributed by atoms with Crippen molar-refractivity contribution in [2.75, 3.05) is 7.11 Å². The zero-order valence-electron chi connectivity index (χ0n) is 23.3. The zero-order chi connectivity index (χ0) is 28.9. The van der Waals surface area contributed by atoms with Gasteiger partial charge >= 0.3 is 0 Å². The number of fused-ring (bicyclic) bond motifs is 1. The Labute approximate surface area is 252 Å². The summed E-state index contributed by atoms with van der Waals surface area (Å²) in [6.45, 7) is 2.01. The summed E-state index contributed by atoms with van der Waals surface area (Å²) in [5.74, 6) is 2.07. The Balaban J connectivity index is 1.36. The first-order valence-corrected chi connectivity index (χ1v) is 15.4. The Hall–Kier alpha value is -4.41. The van der Waals surface area contributed by atoms with Gasteiger partial charge in [-0.05, 0) is 54.8 Å². The maximum Gasteiger partial charge on any atom is 0.225 e. The number of benzene rings is 3. The molecule has 0 radical (unpaired) electrons. The number of ether oxygens (including phenoxy) is 1. The third-order valence-corrected chi connectivity index (χ3v) is 9.05. The molecule has 0 saturated heterocycles. The third-order valence-electron chi connectivity index (χ3n) is 7.11. The number of carbonyl (C=O) groups excluding carboxylic acids is 1. The Kier molecular flexibility index (Phi) is 8.34. The molecule has 1 amide bonds. The summed E-state index contributed by atoms with van der Waals surface area (Å²) in [7, 11) is 1.65. The Morgan fingerprint density at radius 3 is 2.60 bits per heavy atom. The number of amides is 1. The minimum absolute atomic E-state index is 0.0769. The first kappa shape index (κ1) is 27.7. The number of thiazole rings is 1. The van der Waals surface area contributed by atoms with Gasteiger partial charge in [0.15, 0.2) is 11.0 Å². The lowest BCUT2D eigenvalue weighted by atomic mass is 10.0. The molecular formula is C32H30N6O2S2. The Morgan fingerprint density at radius 1 is 1.05 bits per heavy atom. The van der Waals surface area contributed by atoms with Crippen LogP contribution in [0, 0.1) is 6.92 Å². The predicted octanol–water partition coefficient (Wildman–Crippen LogP) is 6.46. The van der Waals surface area contributed by atoms with E-state index in [1.807, 2.05) is 83.9 Å². The molecule has 0 aliphatic rings. The molecule has 0 aliphatic heterocycles. The number of aromatic nitrogens is 5. The maximum atomic E-state index is 13.7. The molecule has 3 heterocycles. The number of carbonyl (C=O) groups is 1. The van der Waals surface area contributed by atoms with Gasteiger partial charge in [-0.3, -0.25) is 14.3 Å². The molecule has 10 heteroatoms. The number of thioether (sulfide) groups is 1. The van der Waals surface area contributed by atoms with E-state index >= 15 is 0 Å². The van der Waals surface area contributed by atoms with E-state index in [0.717, 1.165) is 49.2 Å². The highest BCUT2D eigenvalue weighted by Crippen LogP contribution is 2.31. The van der Waals surface area contributed by atoms with Gasteiger partial charge < -0.3 is 15.0 Å². The molecule has 1 atom stereocenters. The van der Waals surface area contributed by atoms with Crippen LogP contribution in [-0.4, -0.2) is 37.7 Å². The summed E-state index contributed by atoms with van der Waals surface area (Å²) in [6, 6.07) is 25.6. The third kappa shape index (κ3) is 6.09. The fourth-order valence-corrected chi connectivity index (χ4v) is 6.65. The van der Waals surface area contributed by atoms with E-state index in [-0.39, 0.29) is 12.3 Å². The van der Waals surface area contributed by atoms with Gasteiger partial charge in [0.05, 0.1) is 25.1 Å². The Bertz CT molecular complexity index is 1780. The van der Waals surface area contributed by atoms with Crippen LogP contribution in [0.15, 0.2) is 95.7 Å². The molecule has 0 bridgehead atoms. The Morgan fingerprint density at radius 2 is 1.83 bits per heavy atom. The largest absolute Gasteiger partial charge is 0.497 e. The minimum atomic E-state index is -0.419. The van der Waals surface area contributed by atoms with Crippen LogP contribution >= 0.6 is 23.1 Å². The lowest BCUT2D eigenvalue weighted by molar-refractivity contribution is -0.121. The number of rotatable bonds is 11. The summed E-state index contributed by atoms with van der Waals surface area (Å²) >= 11 is 3.20. The van der Waals surface area contributed by atoms with E-state index in [4.69, 9.17) is 4.74 Å². The fraction of sp³-hybridized carbons (Fsp3) is 0.188. The van der Waals surface area contributed by atoms with E-state index in [1.165, 1.54) is 0 Å². The lowest BCUT2D eigenvalue weighted by Gasteiger charge is -2.20. The topological polar surface area (TPSA) is 97.7 Å². The number of aromatic amines is 1. The quantitative estimate of drug-likeness (QED) is 0.167. The SMILES string of the molecule is COc1ccc(-n2c(SCc3cncs3)nnc2[C@H](Cc2ccccc2)NC(=O)Cc2c(C)[nH]c3ccccc23)cc1. The van der Waals surface area contributed by atoms with Crippen molar-refractivity contribution in [3.8, 4) is 11.4 Å². The second kappa shape index (κ2) is 12.6. The molecule has 42 heavy (non-hydrogen) atoms. The molecule has 3 aromatic heterocycles. The van der Waals surface area contributed by atoms with Gasteiger partial charge in [0, 0.05) is 39.1 Å².